The third-order valence-electron chi connectivity index (χ3n) is 3.51. The van der Waals surface area contributed by atoms with Crippen molar-refractivity contribution in [2.24, 2.45) is 0 Å². The van der Waals surface area contributed by atoms with E-state index in [-0.39, 0.29) is 18.2 Å². The molecule has 18 heavy (non-hydrogen) atoms. The number of rotatable bonds is 4. The molecule has 1 aliphatic heterocycles. The minimum absolute atomic E-state index is 0.0374. The Morgan fingerprint density at radius 1 is 1.50 bits per heavy atom. The first-order chi connectivity index (χ1) is 8.79. The van der Waals surface area contributed by atoms with Crippen molar-refractivity contribution < 1.29 is 14.3 Å². The molecule has 2 rings (SSSR count). The smallest absolute Gasteiger partial charge is 0.315 e. The van der Waals surface area contributed by atoms with Gasteiger partial charge in [-0.25, -0.2) is 4.79 Å². The normalized spacial score (nSPS) is 27.7. The molecule has 2 atom stereocenters. The summed E-state index contributed by atoms with van der Waals surface area (Å²) in [5.41, 5.74) is 1.34. The minimum atomic E-state index is -0.140. The molecule has 2 amide bonds. The highest BCUT2D eigenvalue weighted by Crippen LogP contribution is 2.16. The van der Waals surface area contributed by atoms with Gasteiger partial charge in [0, 0.05) is 13.7 Å². The summed E-state index contributed by atoms with van der Waals surface area (Å²) in [6.45, 7) is 1.72. The van der Waals surface area contributed by atoms with Gasteiger partial charge in [0.15, 0.2) is 0 Å². The lowest BCUT2D eigenvalue weighted by Gasteiger charge is -2.19. The van der Waals surface area contributed by atoms with Crippen LogP contribution in [0.5, 0.6) is 0 Å². The zero-order chi connectivity index (χ0) is 12.8. The van der Waals surface area contributed by atoms with Crippen LogP contribution in [0.15, 0.2) is 11.6 Å². The van der Waals surface area contributed by atoms with Gasteiger partial charge in [-0.1, -0.05) is 11.6 Å². The van der Waals surface area contributed by atoms with Gasteiger partial charge in [-0.05, 0) is 25.7 Å². The van der Waals surface area contributed by atoms with Gasteiger partial charge in [-0.3, -0.25) is 0 Å². The van der Waals surface area contributed by atoms with Gasteiger partial charge in [0.1, 0.15) is 6.10 Å². The molecule has 1 heterocycles. The van der Waals surface area contributed by atoms with E-state index in [0.717, 1.165) is 12.8 Å². The summed E-state index contributed by atoms with van der Waals surface area (Å²) in [6.07, 6.45) is 6.95. The lowest BCUT2D eigenvalue weighted by molar-refractivity contribution is 0.0745. The fourth-order valence-corrected chi connectivity index (χ4v) is 2.38. The Hall–Kier alpha value is -1.07. The van der Waals surface area contributed by atoms with Crippen LogP contribution >= 0.6 is 0 Å². The van der Waals surface area contributed by atoms with Gasteiger partial charge in [-0.15, -0.1) is 0 Å². The summed E-state index contributed by atoms with van der Waals surface area (Å²) >= 11 is 0. The largest absolute Gasteiger partial charge is 0.377 e. The SMILES string of the molecule is CO[C@H]1COC[C@H]1NC(=O)NCC1=CCCCC1. The Morgan fingerprint density at radius 2 is 2.39 bits per heavy atom. The fourth-order valence-electron chi connectivity index (χ4n) is 2.38. The first kappa shape index (κ1) is 13.4. The molecule has 0 spiro atoms. The molecule has 1 fully saturated rings. The van der Waals surface area contributed by atoms with Crippen LogP contribution < -0.4 is 10.6 Å². The fraction of sp³-hybridized carbons (Fsp3) is 0.769. The molecule has 0 aromatic carbocycles. The molecule has 102 valence electrons. The molecule has 1 saturated heterocycles. The second-order valence-electron chi connectivity index (χ2n) is 4.85. The number of carbonyl (C=O) groups is 1. The topological polar surface area (TPSA) is 59.6 Å². The van der Waals surface area contributed by atoms with Crippen molar-refractivity contribution in [2.75, 3.05) is 26.9 Å². The maximum Gasteiger partial charge on any atom is 0.315 e. The number of carbonyl (C=O) groups excluding carboxylic acids is 1. The van der Waals surface area contributed by atoms with E-state index < -0.39 is 0 Å². The van der Waals surface area contributed by atoms with E-state index in [1.54, 1.807) is 7.11 Å². The van der Waals surface area contributed by atoms with Gasteiger partial charge in [0.25, 0.3) is 0 Å². The van der Waals surface area contributed by atoms with Crippen LogP contribution in [0.25, 0.3) is 0 Å². The monoisotopic (exact) mass is 254 g/mol. The molecule has 1 aliphatic carbocycles. The van der Waals surface area contributed by atoms with Crippen LogP contribution in [-0.4, -0.2) is 45.0 Å². The lowest BCUT2D eigenvalue weighted by atomic mass is 10.00. The van der Waals surface area contributed by atoms with Gasteiger partial charge < -0.3 is 20.1 Å². The summed E-state index contributed by atoms with van der Waals surface area (Å²) in [5, 5.41) is 5.79. The molecule has 5 heteroatoms. The molecule has 0 saturated carbocycles. The second kappa shape index (κ2) is 6.75. The van der Waals surface area contributed by atoms with Crippen molar-refractivity contribution in [2.45, 2.75) is 37.8 Å². The Kier molecular flexibility index (Phi) is 5.01. The Labute approximate surface area is 108 Å². The predicted molar refractivity (Wildman–Crippen MR) is 68.5 cm³/mol. The third-order valence-corrected chi connectivity index (χ3v) is 3.51. The highest BCUT2D eigenvalue weighted by Gasteiger charge is 2.29. The molecule has 2 N–H and O–H groups in total. The minimum Gasteiger partial charge on any atom is -0.377 e. The number of urea groups is 1. The van der Waals surface area contributed by atoms with Gasteiger partial charge in [0.2, 0.25) is 0 Å². The van der Waals surface area contributed by atoms with Crippen molar-refractivity contribution in [1.29, 1.82) is 0 Å². The van der Waals surface area contributed by atoms with Crippen LogP contribution in [0.2, 0.25) is 0 Å². The summed E-state index contributed by atoms with van der Waals surface area (Å²) in [4.78, 5) is 11.7. The average molecular weight is 254 g/mol. The molecule has 0 radical (unpaired) electrons. The predicted octanol–water partition coefficient (Wildman–Crippen LogP) is 1.20. The van der Waals surface area contributed by atoms with Crippen LogP contribution in [0.4, 0.5) is 4.79 Å². The number of hydrogen-bond acceptors (Lipinski definition) is 3. The highest BCUT2D eigenvalue weighted by molar-refractivity contribution is 5.74. The van der Waals surface area contributed by atoms with Crippen LogP contribution in [0, 0.1) is 0 Å². The van der Waals surface area contributed by atoms with E-state index in [4.69, 9.17) is 9.47 Å². The van der Waals surface area contributed by atoms with Crippen molar-refractivity contribution in [1.82, 2.24) is 10.6 Å². The average Bonchev–Trinajstić information content (AvgIpc) is 2.85. The zero-order valence-corrected chi connectivity index (χ0v) is 10.9. The van der Waals surface area contributed by atoms with E-state index in [9.17, 15) is 4.79 Å². The number of amides is 2. The number of hydrogen-bond donors (Lipinski definition) is 2. The molecule has 5 nitrogen and oxygen atoms in total. The summed E-state index contributed by atoms with van der Waals surface area (Å²) in [7, 11) is 1.64. The van der Waals surface area contributed by atoms with Crippen LogP contribution in [-0.2, 0) is 9.47 Å². The Morgan fingerprint density at radius 3 is 3.11 bits per heavy atom. The second-order valence-corrected chi connectivity index (χ2v) is 4.85. The van der Waals surface area contributed by atoms with Gasteiger partial charge in [-0.2, -0.15) is 0 Å². The van der Waals surface area contributed by atoms with Crippen molar-refractivity contribution in [3.8, 4) is 0 Å². The van der Waals surface area contributed by atoms with E-state index in [1.807, 2.05) is 0 Å². The van der Waals surface area contributed by atoms with Crippen LogP contribution in [0.3, 0.4) is 0 Å². The van der Waals surface area contributed by atoms with Crippen molar-refractivity contribution >= 4 is 6.03 Å². The van der Waals surface area contributed by atoms with Crippen molar-refractivity contribution in [3.63, 3.8) is 0 Å². The van der Waals surface area contributed by atoms with Crippen molar-refractivity contribution in [3.05, 3.63) is 11.6 Å². The zero-order valence-electron chi connectivity index (χ0n) is 10.9. The lowest BCUT2D eigenvalue weighted by Crippen LogP contribution is -2.48. The summed E-state index contributed by atoms with van der Waals surface area (Å²) in [6, 6.07) is -0.186. The first-order valence-electron chi connectivity index (χ1n) is 6.62. The van der Waals surface area contributed by atoms with Crippen LogP contribution in [0.1, 0.15) is 25.7 Å². The molecule has 0 aromatic heterocycles. The maximum atomic E-state index is 11.7. The molecule has 0 aromatic rings. The number of methoxy groups -OCH3 is 1. The Bertz CT molecular complexity index is 317. The van der Waals surface area contributed by atoms with Gasteiger partial charge >= 0.3 is 6.03 Å². The van der Waals surface area contributed by atoms with E-state index in [0.29, 0.717) is 19.8 Å². The third kappa shape index (κ3) is 3.71. The molecule has 2 aliphatic rings. The summed E-state index contributed by atoms with van der Waals surface area (Å²) in [5.74, 6) is 0. The quantitative estimate of drug-likeness (QED) is 0.741. The van der Waals surface area contributed by atoms with E-state index >= 15 is 0 Å². The van der Waals surface area contributed by atoms with Gasteiger partial charge in [0.05, 0.1) is 19.3 Å². The highest BCUT2D eigenvalue weighted by atomic mass is 16.5. The van der Waals surface area contributed by atoms with E-state index in [1.165, 1.54) is 18.4 Å². The number of ether oxygens (including phenoxy) is 2. The summed E-state index contributed by atoms with van der Waals surface area (Å²) < 4.78 is 10.5. The molecular formula is C13H22N2O3. The first-order valence-corrected chi connectivity index (χ1v) is 6.62. The number of nitrogens with one attached hydrogen (secondary N) is 2. The maximum absolute atomic E-state index is 11.7. The van der Waals surface area contributed by atoms with E-state index in [2.05, 4.69) is 16.7 Å². The number of allylic oxidation sites excluding steroid dienone is 1. The molecule has 0 unspecified atom stereocenters. The molecule has 0 bridgehead atoms. The standard InChI is InChI=1S/C13H22N2O3/c1-17-12-9-18-8-11(12)15-13(16)14-7-10-5-3-2-4-6-10/h5,11-12H,2-4,6-9H2,1H3,(H2,14,15,16)/t11-,12+/m1/s1. The Balaban J connectivity index is 1.70. The molecular weight excluding hydrogens is 232 g/mol.